The van der Waals surface area contributed by atoms with Crippen LogP contribution >= 0.6 is 0 Å². The fourth-order valence-corrected chi connectivity index (χ4v) is 3.54. The second-order valence-corrected chi connectivity index (χ2v) is 6.92. The minimum absolute atomic E-state index is 0.166. The van der Waals surface area contributed by atoms with Crippen LogP contribution in [0.4, 0.5) is 0 Å². The highest BCUT2D eigenvalue weighted by Gasteiger charge is 2.47. The maximum Gasteiger partial charge on any atom is 0.246 e. The molecule has 2 rings (SSSR count). The van der Waals surface area contributed by atoms with Gasteiger partial charge in [-0.05, 0) is 52.2 Å². The van der Waals surface area contributed by atoms with Gasteiger partial charge in [0.15, 0.2) is 0 Å². The summed E-state index contributed by atoms with van der Waals surface area (Å²) in [6.45, 7) is 6.47. The maximum absolute atomic E-state index is 12.8. The highest BCUT2D eigenvalue weighted by Crippen LogP contribution is 2.29. The molecule has 0 radical (unpaired) electrons. The molecule has 2 aliphatic heterocycles. The van der Waals surface area contributed by atoms with E-state index in [9.17, 15) is 9.59 Å². The molecule has 0 aromatic heterocycles. The molecule has 0 spiro atoms. The van der Waals surface area contributed by atoms with E-state index in [2.05, 4.69) is 4.90 Å². The van der Waals surface area contributed by atoms with Gasteiger partial charge in [0.1, 0.15) is 12.1 Å². The Labute approximate surface area is 128 Å². The second-order valence-electron chi connectivity index (χ2n) is 6.92. The van der Waals surface area contributed by atoms with Gasteiger partial charge in [-0.1, -0.05) is 13.8 Å². The molecule has 0 aromatic rings. The van der Waals surface area contributed by atoms with Gasteiger partial charge >= 0.3 is 0 Å². The molecule has 2 heterocycles. The lowest BCUT2D eigenvalue weighted by atomic mass is 9.90. The Bertz CT molecular complexity index is 395. The predicted octanol–water partition coefficient (Wildman–Crippen LogP) is 1.19. The highest BCUT2D eigenvalue weighted by molar-refractivity contribution is 5.97. The molecule has 2 aliphatic rings. The van der Waals surface area contributed by atoms with Gasteiger partial charge in [-0.3, -0.25) is 9.59 Å². The van der Waals surface area contributed by atoms with E-state index >= 15 is 0 Å². The summed E-state index contributed by atoms with van der Waals surface area (Å²) in [5.41, 5.74) is 0. The molecule has 120 valence electrons. The lowest BCUT2D eigenvalue weighted by molar-refractivity contribution is -0.165. The number of carbonyl (C=O) groups excluding carboxylic acids is 2. The number of fused-ring (bicyclic) bond motifs is 1. The first-order valence-electron chi connectivity index (χ1n) is 8.19. The van der Waals surface area contributed by atoms with Crippen molar-refractivity contribution in [3.8, 4) is 0 Å². The quantitative estimate of drug-likeness (QED) is 0.765. The largest absolute Gasteiger partial charge is 0.329 e. The van der Waals surface area contributed by atoms with Crippen LogP contribution < -0.4 is 0 Å². The number of carbonyl (C=O) groups is 2. The number of piperazine rings is 1. The van der Waals surface area contributed by atoms with Crippen molar-refractivity contribution in [2.75, 3.05) is 33.7 Å². The number of hydrogen-bond donors (Lipinski definition) is 0. The summed E-state index contributed by atoms with van der Waals surface area (Å²) >= 11 is 0. The minimum Gasteiger partial charge on any atom is -0.329 e. The van der Waals surface area contributed by atoms with Gasteiger partial charge in [-0.15, -0.1) is 0 Å². The topological polar surface area (TPSA) is 43.9 Å². The highest BCUT2D eigenvalue weighted by atomic mass is 16.2. The van der Waals surface area contributed by atoms with Crippen LogP contribution in [-0.2, 0) is 9.59 Å². The van der Waals surface area contributed by atoms with Gasteiger partial charge in [0.2, 0.25) is 11.8 Å². The Balaban J connectivity index is 2.14. The van der Waals surface area contributed by atoms with Crippen molar-refractivity contribution in [1.29, 1.82) is 0 Å². The normalized spacial score (nSPS) is 26.8. The molecule has 0 bridgehead atoms. The Morgan fingerprint density at radius 1 is 1.19 bits per heavy atom. The molecule has 0 aliphatic carbocycles. The van der Waals surface area contributed by atoms with E-state index in [1.54, 1.807) is 0 Å². The molecule has 0 N–H and O–H groups in total. The predicted molar refractivity (Wildman–Crippen MR) is 82.9 cm³/mol. The van der Waals surface area contributed by atoms with Crippen LogP contribution in [0.25, 0.3) is 0 Å². The summed E-state index contributed by atoms with van der Waals surface area (Å²) in [6, 6.07) is -0.463. The summed E-state index contributed by atoms with van der Waals surface area (Å²) in [6.07, 6.45) is 3.83. The summed E-state index contributed by atoms with van der Waals surface area (Å²) < 4.78 is 0. The smallest absolute Gasteiger partial charge is 0.246 e. The van der Waals surface area contributed by atoms with Crippen molar-refractivity contribution in [2.24, 2.45) is 5.92 Å². The first-order chi connectivity index (χ1) is 9.93. The van der Waals surface area contributed by atoms with Crippen LogP contribution in [-0.4, -0.2) is 72.3 Å². The fourth-order valence-electron chi connectivity index (χ4n) is 3.54. The lowest BCUT2D eigenvalue weighted by Gasteiger charge is -2.48. The van der Waals surface area contributed by atoms with Gasteiger partial charge < -0.3 is 14.7 Å². The standard InChI is InChI=1S/C16H29N3O2/c1-12(2)14-16(21)18-10-6-5-8-13(18)15(20)19(14)11-7-9-17(3)4/h12-14H,5-11H2,1-4H3. The summed E-state index contributed by atoms with van der Waals surface area (Å²) in [7, 11) is 4.07. The number of amides is 2. The molecule has 0 aromatic carbocycles. The Hall–Kier alpha value is -1.10. The zero-order chi connectivity index (χ0) is 15.6. The average Bonchev–Trinajstić information content (AvgIpc) is 2.43. The van der Waals surface area contributed by atoms with Crippen LogP contribution in [0.5, 0.6) is 0 Å². The first-order valence-corrected chi connectivity index (χ1v) is 8.19. The van der Waals surface area contributed by atoms with Gasteiger partial charge in [-0.25, -0.2) is 0 Å². The van der Waals surface area contributed by atoms with E-state index in [4.69, 9.17) is 0 Å². The number of hydrogen-bond acceptors (Lipinski definition) is 3. The van der Waals surface area contributed by atoms with Crippen molar-refractivity contribution < 1.29 is 9.59 Å². The van der Waals surface area contributed by atoms with E-state index in [1.807, 2.05) is 37.7 Å². The third-order valence-electron chi connectivity index (χ3n) is 4.58. The third-order valence-corrected chi connectivity index (χ3v) is 4.58. The van der Waals surface area contributed by atoms with Crippen LogP contribution in [0.15, 0.2) is 0 Å². The van der Waals surface area contributed by atoms with E-state index in [1.165, 1.54) is 0 Å². The van der Waals surface area contributed by atoms with Crippen LogP contribution in [0.1, 0.15) is 39.5 Å². The van der Waals surface area contributed by atoms with Crippen molar-refractivity contribution in [3.05, 3.63) is 0 Å². The Morgan fingerprint density at radius 3 is 2.52 bits per heavy atom. The number of piperidine rings is 1. The fraction of sp³-hybridized carbons (Fsp3) is 0.875. The van der Waals surface area contributed by atoms with Crippen molar-refractivity contribution in [1.82, 2.24) is 14.7 Å². The van der Waals surface area contributed by atoms with E-state index in [0.29, 0.717) is 6.54 Å². The summed E-state index contributed by atoms with van der Waals surface area (Å²) in [4.78, 5) is 31.4. The first kappa shape index (κ1) is 16.3. The van der Waals surface area contributed by atoms with Gasteiger partial charge in [-0.2, -0.15) is 0 Å². The third kappa shape index (κ3) is 3.39. The second kappa shape index (κ2) is 6.77. The van der Waals surface area contributed by atoms with Crippen molar-refractivity contribution in [3.63, 3.8) is 0 Å². The van der Waals surface area contributed by atoms with Crippen LogP contribution in [0.2, 0.25) is 0 Å². The van der Waals surface area contributed by atoms with Crippen molar-refractivity contribution in [2.45, 2.75) is 51.6 Å². The molecule has 2 amide bonds. The molecule has 2 unspecified atom stereocenters. The molecular weight excluding hydrogens is 266 g/mol. The monoisotopic (exact) mass is 295 g/mol. The molecule has 2 fully saturated rings. The summed E-state index contributed by atoms with van der Waals surface area (Å²) in [5.74, 6) is 0.509. The molecular formula is C16H29N3O2. The zero-order valence-corrected chi connectivity index (χ0v) is 13.8. The minimum atomic E-state index is -0.269. The van der Waals surface area contributed by atoms with Crippen LogP contribution in [0, 0.1) is 5.92 Å². The van der Waals surface area contributed by atoms with E-state index in [-0.39, 0.29) is 29.8 Å². The molecule has 0 saturated carbocycles. The lowest BCUT2D eigenvalue weighted by Crippen LogP contribution is -2.67. The molecule has 5 nitrogen and oxygen atoms in total. The zero-order valence-electron chi connectivity index (χ0n) is 13.8. The number of nitrogens with zero attached hydrogens (tertiary/aromatic N) is 3. The number of rotatable bonds is 5. The van der Waals surface area contributed by atoms with Crippen LogP contribution in [0.3, 0.4) is 0 Å². The SMILES string of the molecule is CC(C)C1C(=O)N2CCCCC2C(=O)N1CCCN(C)C. The Morgan fingerprint density at radius 2 is 1.90 bits per heavy atom. The summed E-state index contributed by atoms with van der Waals surface area (Å²) in [5, 5.41) is 0. The van der Waals surface area contributed by atoms with Gasteiger partial charge in [0.05, 0.1) is 0 Å². The molecule has 21 heavy (non-hydrogen) atoms. The molecule has 2 atom stereocenters. The van der Waals surface area contributed by atoms with Gasteiger partial charge in [0.25, 0.3) is 0 Å². The van der Waals surface area contributed by atoms with E-state index in [0.717, 1.165) is 38.8 Å². The van der Waals surface area contributed by atoms with E-state index < -0.39 is 0 Å². The van der Waals surface area contributed by atoms with Gasteiger partial charge in [0, 0.05) is 13.1 Å². The van der Waals surface area contributed by atoms with Crippen molar-refractivity contribution >= 4 is 11.8 Å². The maximum atomic E-state index is 12.8. The molecule has 2 saturated heterocycles. The molecule has 5 heteroatoms. The Kier molecular flexibility index (Phi) is 5.25. The average molecular weight is 295 g/mol.